The van der Waals surface area contributed by atoms with E-state index >= 15 is 0 Å². The molecule has 0 fully saturated rings. The van der Waals surface area contributed by atoms with Crippen molar-refractivity contribution in [2.24, 2.45) is 5.92 Å². The first-order valence-electron chi connectivity index (χ1n) is 8.01. The van der Waals surface area contributed by atoms with E-state index in [2.05, 4.69) is 59.2 Å². The van der Waals surface area contributed by atoms with Gasteiger partial charge in [-0.1, -0.05) is 43.6 Å². The minimum atomic E-state index is -1.73. The number of hydrogen-bond acceptors (Lipinski definition) is 2. The van der Waals surface area contributed by atoms with E-state index in [4.69, 9.17) is 20.5 Å². The van der Waals surface area contributed by atoms with E-state index in [0.717, 1.165) is 10.6 Å². The monoisotopic (exact) mass is 358 g/mol. The Bertz CT molecular complexity index is 478. The fourth-order valence-electron chi connectivity index (χ4n) is 2.35. The third kappa shape index (κ3) is 6.54. The third-order valence-electron chi connectivity index (χ3n) is 3.14. The van der Waals surface area contributed by atoms with Gasteiger partial charge in [0.15, 0.2) is 16.6 Å². The molecule has 0 aliphatic heterocycles. The molecule has 2 nitrogen and oxygen atoms in total. The summed E-state index contributed by atoms with van der Waals surface area (Å²) in [7, 11) is -3.41. The molecule has 1 aromatic rings. The lowest BCUT2D eigenvalue weighted by Gasteiger charge is -2.38. The molecule has 0 N–H and O–H groups in total. The predicted molar refractivity (Wildman–Crippen MR) is 102 cm³/mol. The molecule has 0 saturated carbocycles. The van der Waals surface area contributed by atoms with Gasteiger partial charge in [0.25, 0.3) is 0 Å². The van der Waals surface area contributed by atoms with Gasteiger partial charge in [-0.3, -0.25) is 0 Å². The van der Waals surface area contributed by atoms with Crippen molar-refractivity contribution in [3.63, 3.8) is 0 Å². The lowest BCUT2D eigenvalue weighted by atomic mass is 9.96. The molecular formula is C17H31ClO2Si2. The van der Waals surface area contributed by atoms with Gasteiger partial charge in [-0.25, -0.2) is 0 Å². The van der Waals surface area contributed by atoms with Crippen LogP contribution in [0.5, 0.6) is 0 Å². The summed E-state index contributed by atoms with van der Waals surface area (Å²) in [5, 5.41) is 0.760. The SMILES string of the molecule is CC(C)C(O[Si](C)(C)C)[C@H](O[Si](C)(C)C)c1ccccc1Cl. The van der Waals surface area contributed by atoms with Crippen molar-refractivity contribution in [3.05, 3.63) is 34.9 Å². The lowest BCUT2D eigenvalue weighted by Crippen LogP contribution is -2.42. The maximum atomic E-state index is 6.53. The molecule has 0 heterocycles. The highest BCUT2D eigenvalue weighted by atomic mass is 35.5. The molecule has 1 aromatic carbocycles. The van der Waals surface area contributed by atoms with E-state index in [1.54, 1.807) is 0 Å². The van der Waals surface area contributed by atoms with Crippen LogP contribution < -0.4 is 0 Å². The van der Waals surface area contributed by atoms with Crippen molar-refractivity contribution in [1.82, 2.24) is 0 Å². The smallest absolute Gasteiger partial charge is 0.184 e. The highest BCUT2D eigenvalue weighted by Crippen LogP contribution is 2.36. The van der Waals surface area contributed by atoms with Crippen LogP contribution in [0.1, 0.15) is 25.5 Å². The van der Waals surface area contributed by atoms with Gasteiger partial charge in [-0.15, -0.1) is 0 Å². The van der Waals surface area contributed by atoms with Gasteiger partial charge < -0.3 is 8.85 Å². The molecular weight excluding hydrogens is 328 g/mol. The molecule has 0 aliphatic rings. The summed E-state index contributed by atoms with van der Waals surface area (Å²) in [6, 6.07) is 7.98. The average molecular weight is 359 g/mol. The molecule has 1 unspecified atom stereocenters. The molecule has 0 aliphatic carbocycles. The second kappa shape index (κ2) is 7.62. The Hall–Kier alpha value is -0.136. The Morgan fingerprint density at radius 1 is 0.864 bits per heavy atom. The fraction of sp³-hybridized carbons (Fsp3) is 0.647. The molecule has 0 bridgehead atoms. The molecule has 126 valence electrons. The third-order valence-corrected chi connectivity index (χ3v) is 5.42. The van der Waals surface area contributed by atoms with Crippen molar-refractivity contribution >= 4 is 28.2 Å². The summed E-state index contributed by atoms with van der Waals surface area (Å²) >= 11 is 6.46. The molecule has 1 rings (SSSR count). The minimum Gasteiger partial charge on any atom is -0.412 e. The Morgan fingerprint density at radius 2 is 1.36 bits per heavy atom. The van der Waals surface area contributed by atoms with Crippen molar-refractivity contribution in [2.45, 2.75) is 65.3 Å². The van der Waals surface area contributed by atoms with Gasteiger partial charge in [0.1, 0.15) is 0 Å². The van der Waals surface area contributed by atoms with Crippen LogP contribution in [0.15, 0.2) is 24.3 Å². The van der Waals surface area contributed by atoms with Crippen LogP contribution >= 0.6 is 11.6 Å². The highest BCUT2D eigenvalue weighted by Gasteiger charge is 2.35. The van der Waals surface area contributed by atoms with Gasteiger partial charge >= 0.3 is 0 Å². The molecule has 0 amide bonds. The number of benzene rings is 1. The van der Waals surface area contributed by atoms with Crippen molar-refractivity contribution < 1.29 is 8.85 Å². The second-order valence-electron chi connectivity index (χ2n) is 8.11. The van der Waals surface area contributed by atoms with E-state index in [1.807, 2.05) is 18.2 Å². The van der Waals surface area contributed by atoms with E-state index in [-0.39, 0.29) is 12.2 Å². The summed E-state index contributed by atoms with van der Waals surface area (Å²) < 4.78 is 13.0. The summed E-state index contributed by atoms with van der Waals surface area (Å²) in [5.74, 6) is 0.365. The normalized spacial score (nSPS) is 15.9. The Morgan fingerprint density at radius 3 is 1.77 bits per heavy atom. The minimum absolute atomic E-state index is 0.0262. The maximum Gasteiger partial charge on any atom is 0.184 e. The van der Waals surface area contributed by atoms with E-state index in [1.165, 1.54) is 0 Å². The summed E-state index contributed by atoms with van der Waals surface area (Å²) in [4.78, 5) is 0. The molecule has 5 heteroatoms. The van der Waals surface area contributed by atoms with Crippen LogP contribution in [0.3, 0.4) is 0 Å². The first kappa shape index (κ1) is 19.9. The van der Waals surface area contributed by atoms with Crippen molar-refractivity contribution in [2.75, 3.05) is 0 Å². The Labute approximate surface area is 143 Å². The first-order chi connectivity index (χ1) is 9.91. The zero-order valence-electron chi connectivity index (χ0n) is 15.2. The first-order valence-corrected chi connectivity index (χ1v) is 15.2. The maximum absolute atomic E-state index is 6.53. The topological polar surface area (TPSA) is 18.5 Å². The Balaban J connectivity index is 3.25. The Kier molecular flexibility index (Phi) is 6.90. The van der Waals surface area contributed by atoms with Crippen LogP contribution in [-0.2, 0) is 8.85 Å². The summed E-state index contributed by atoms with van der Waals surface area (Å²) in [6.07, 6.45) is -0.0783. The second-order valence-corrected chi connectivity index (χ2v) is 17.4. The largest absolute Gasteiger partial charge is 0.412 e. The average Bonchev–Trinajstić information content (AvgIpc) is 2.32. The lowest BCUT2D eigenvalue weighted by molar-refractivity contribution is 0.0140. The van der Waals surface area contributed by atoms with E-state index in [0.29, 0.717) is 5.92 Å². The summed E-state index contributed by atoms with van der Waals surface area (Å²) in [6.45, 7) is 17.7. The van der Waals surface area contributed by atoms with Gasteiger partial charge in [-0.2, -0.15) is 0 Å². The number of hydrogen-bond donors (Lipinski definition) is 0. The predicted octanol–water partition coefficient (Wildman–Crippen LogP) is 6.11. The van der Waals surface area contributed by atoms with Gasteiger partial charge in [0.05, 0.1) is 12.2 Å². The van der Waals surface area contributed by atoms with Gasteiger partial charge in [0.2, 0.25) is 0 Å². The molecule has 0 saturated heterocycles. The molecule has 2 atom stereocenters. The molecule has 0 aromatic heterocycles. The van der Waals surface area contributed by atoms with Gasteiger partial charge in [0, 0.05) is 10.6 Å². The molecule has 0 spiro atoms. The van der Waals surface area contributed by atoms with Crippen LogP contribution in [-0.4, -0.2) is 22.7 Å². The van der Waals surface area contributed by atoms with Crippen LogP contribution in [0.25, 0.3) is 0 Å². The van der Waals surface area contributed by atoms with Crippen molar-refractivity contribution in [1.29, 1.82) is 0 Å². The van der Waals surface area contributed by atoms with Gasteiger partial charge in [-0.05, 0) is 51.3 Å². The number of rotatable bonds is 7. The summed E-state index contributed by atoms with van der Waals surface area (Å²) in [5.41, 5.74) is 1.04. The number of halogens is 1. The quantitative estimate of drug-likeness (QED) is 0.547. The fourth-order valence-corrected chi connectivity index (χ4v) is 4.83. The zero-order valence-corrected chi connectivity index (χ0v) is 18.0. The molecule has 0 radical (unpaired) electrons. The zero-order chi connectivity index (χ0) is 17.1. The van der Waals surface area contributed by atoms with E-state index in [9.17, 15) is 0 Å². The standard InChI is InChI=1S/C17H31ClO2Si2/c1-13(2)16(19-21(3,4)5)17(20-22(6,7)8)14-11-9-10-12-15(14)18/h9-13,16-17H,1-8H3/t16?,17-/m1/s1. The van der Waals surface area contributed by atoms with Crippen LogP contribution in [0, 0.1) is 5.92 Å². The van der Waals surface area contributed by atoms with E-state index < -0.39 is 16.6 Å². The van der Waals surface area contributed by atoms with Crippen LogP contribution in [0.4, 0.5) is 0 Å². The van der Waals surface area contributed by atoms with Crippen molar-refractivity contribution in [3.8, 4) is 0 Å². The molecule has 22 heavy (non-hydrogen) atoms. The highest BCUT2D eigenvalue weighted by molar-refractivity contribution is 6.70. The van der Waals surface area contributed by atoms with Crippen LogP contribution in [0.2, 0.25) is 44.3 Å².